The Balaban J connectivity index is 3.35. The number of rotatable bonds is 9. The molecule has 9 nitrogen and oxygen atoms in total. The molecule has 2 atom stereocenters. The van der Waals surface area contributed by atoms with Crippen LogP contribution in [0.1, 0.15) is 65.1 Å². The van der Waals surface area contributed by atoms with E-state index in [1.807, 2.05) is 20.8 Å². The predicted molar refractivity (Wildman–Crippen MR) is 121 cm³/mol. The Bertz CT molecular complexity index is 803. The molecule has 3 amide bonds. The average Bonchev–Trinajstić information content (AvgIpc) is 2.66. The number of phenols is 1. The number of aromatic hydroxyl groups is 1. The first-order valence-corrected chi connectivity index (χ1v) is 10.8. The van der Waals surface area contributed by atoms with Gasteiger partial charge in [-0.15, -0.1) is 0 Å². The van der Waals surface area contributed by atoms with Gasteiger partial charge in [0.05, 0.1) is 6.61 Å². The number of hydrogen-bond acceptors (Lipinski definition) is 6. The summed E-state index contributed by atoms with van der Waals surface area (Å²) in [5.74, 6) is -0.944. The van der Waals surface area contributed by atoms with Crippen LogP contribution in [0.5, 0.6) is 5.75 Å². The maximum atomic E-state index is 13.4. The summed E-state index contributed by atoms with van der Waals surface area (Å²) in [6.07, 6.45) is -0.302. The van der Waals surface area contributed by atoms with E-state index in [2.05, 4.69) is 10.6 Å². The van der Waals surface area contributed by atoms with Crippen LogP contribution in [0.25, 0.3) is 0 Å². The molecule has 32 heavy (non-hydrogen) atoms. The number of phenolic OH excluding ortho intramolecular Hbond substituents is 1. The Kier molecular flexibility index (Phi) is 9.96. The minimum absolute atomic E-state index is 0.0740. The number of nitrogens with one attached hydrogen (secondary N) is 2. The van der Waals surface area contributed by atoms with Crippen molar-refractivity contribution in [1.82, 2.24) is 15.5 Å². The van der Waals surface area contributed by atoms with Gasteiger partial charge in [0.25, 0.3) is 0 Å². The molecule has 180 valence electrons. The number of aliphatic hydroxyl groups is 1. The lowest BCUT2D eigenvalue weighted by Gasteiger charge is -2.34. The molecule has 9 heteroatoms. The van der Waals surface area contributed by atoms with E-state index in [0.717, 1.165) is 0 Å². The predicted octanol–water partition coefficient (Wildman–Crippen LogP) is 2.39. The summed E-state index contributed by atoms with van der Waals surface area (Å²) in [5.41, 5.74) is 0.285. The van der Waals surface area contributed by atoms with E-state index in [0.29, 0.717) is 17.5 Å². The number of carbonyl (C=O) groups is 3. The number of aliphatic hydroxyl groups excluding tert-OH is 1. The van der Waals surface area contributed by atoms with Crippen LogP contribution in [0.15, 0.2) is 18.2 Å². The topological polar surface area (TPSA) is 128 Å². The van der Waals surface area contributed by atoms with Crippen molar-refractivity contribution in [2.24, 2.45) is 0 Å². The van der Waals surface area contributed by atoms with Crippen molar-refractivity contribution < 1.29 is 29.3 Å². The van der Waals surface area contributed by atoms with Crippen LogP contribution in [0.4, 0.5) is 4.79 Å². The van der Waals surface area contributed by atoms with Gasteiger partial charge in [0.1, 0.15) is 23.4 Å². The van der Waals surface area contributed by atoms with Crippen molar-refractivity contribution in [3.8, 4) is 5.75 Å². The van der Waals surface area contributed by atoms with E-state index in [9.17, 15) is 24.6 Å². The highest BCUT2D eigenvalue weighted by molar-refractivity contribution is 5.92. The summed E-state index contributed by atoms with van der Waals surface area (Å²) in [5, 5.41) is 25.0. The molecular formula is C23H37N3O6. The number of benzene rings is 1. The molecule has 1 aromatic carbocycles. The highest BCUT2D eigenvalue weighted by Gasteiger charge is 2.36. The first-order valence-electron chi connectivity index (χ1n) is 10.8. The summed E-state index contributed by atoms with van der Waals surface area (Å²) >= 11 is 0. The number of ether oxygens (including phenoxy) is 1. The number of carbonyl (C=O) groups excluding carboxylic acids is 3. The van der Waals surface area contributed by atoms with Gasteiger partial charge in [-0.1, -0.05) is 13.0 Å². The Labute approximate surface area is 190 Å². The van der Waals surface area contributed by atoms with Gasteiger partial charge in [-0.2, -0.15) is 0 Å². The fraction of sp³-hybridized carbons (Fsp3) is 0.609. The molecule has 0 fully saturated rings. The van der Waals surface area contributed by atoms with Crippen LogP contribution in [0.3, 0.4) is 0 Å². The maximum absolute atomic E-state index is 13.4. The molecule has 4 N–H and O–H groups in total. The molecule has 0 aromatic heterocycles. The van der Waals surface area contributed by atoms with Crippen LogP contribution in [-0.4, -0.2) is 63.9 Å². The summed E-state index contributed by atoms with van der Waals surface area (Å²) in [4.78, 5) is 40.1. The number of alkyl carbamates (subject to hydrolysis) is 1. The molecule has 0 aliphatic heterocycles. The minimum Gasteiger partial charge on any atom is -0.508 e. The van der Waals surface area contributed by atoms with Gasteiger partial charge in [-0.05, 0) is 71.2 Å². The van der Waals surface area contributed by atoms with Crippen molar-refractivity contribution in [1.29, 1.82) is 0 Å². The van der Waals surface area contributed by atoms with Crippen molar-refractivity contribution in [2.75, 3.05) is 13.2 Å². The fourth-order valence-electron chi connectivity index (χ4n) is 3.13. The van der Waals surface area contributed by atoms with Crippen molar-refractivity contribution in [3.05, 3.63) is 29.3 Å². The number of nitrogens with zero attached hydrogens (tertiary/aromatic N) is 1. The van der Waals surface area contributed by atoms with E-state index in [1.54, 1.807) is 39.8 Å². The van der Waals surface area contributed by atoms with E-state index >= 15 is 0 Å². The Morgan fingerprint density at radius 3 is 2.25 bits per heavy atom. The van der Waals surface area contributed by atoms with Crippen LogP contribution >= 0.6 is 0 Å². The van der Waals surface area contributed by atoms with E-state index in [1.165, 1.54) is 11.0 Å². The van der Waals surface area contributed by atoms with Crippen LogP contribution in [0, 0.1) is 6.92 Å². The largest absolute Gasteiger partial charge is 0.508 e. The SMILES string of the molecule is CCCN(C(=O)C(CO)NC(=O)OC(C)(C)C)C(C(=O)NC(C)C)c1ccc(O)c(C)c1. The first kappa shape index (κ1) is 27.2. The molecule has 0 aliphatic rings. The normalized spacial score (nSPS) is 13.3. The summed E-state index contributed by atoms with van der Waals surface area (Å²) < 4.78 is 5.20. The van der Waals surface area contributed by atoms with Crippen molar-refractivity contribution >= 4 is 17.9 Å². The molecule has 0 saturated heterocycles. The van der Waals surface area contributed by atoms with Gasteiger partial charge in [-0.25, -0.2) is 4.79 Å². The van der Waals surface area contributed by atoms with Crippen LogP contribution in [-0.2, 0) is 14.3 Å². The second-order valence-corrected chi connectivity index (χ2v) is 9.02. The van der Waals surface area contributed by atoms with Gasteiger partial charge in [-0.3, -0.25) is 9.59 Å². The number of hydrogen-bond donors (Lipinski definition) is 4. The lowest BCUT2D eigenvalue weighted by molar-refractivity contribution is -0.143. The second kappa shape index (κ2) is 11.7. The molecule has 0 spiro atoms. The van der Waals surface area contributed by atoms with E-state index in [4.69, 9.17) is 4.74 Å². The second-order valence-electron chi connectivity index (χ2n) is 9.02. The zero-order valence-corrected chi connectivity index (χ0v) is 20.1. The quantitative estimate of drug-likeness (QED) is 0.456. The third-order valence-corrected chi connectivity index (χ3v) is 4.45. The van der Waals surface area contributed by atoms with Gasteiger partial charge < -0.3 is 30.5 Å². The standard InChI is InChI=1S/C23H37N3O6/c1-8-11-26(21(30)17(13-27)25-22(31)32-23(5,6)7)19(20(29)24-14(2)3)16-9-10-18(28)15(4)12-16/h9-10,12,14,17,19,27-28H,8,11,13H2,1-7H3,(H,24,29)(H,25,31). The van der Waals surface area contributed by atoms with Crippen LogP contribution in [0.2, 0.25) is 0 Å². The van der Waals surface area contributed by atoms with E-state index < -0.39 is 42.2 Å². The first-order chi connectivity index (χ1) is 14.8. The van der Waals surface area contributed by atoms with Gasteiger partial charge in [0, 0.05) is 12.6 Å². The fourth-order valence-corrected chi connectivity index (χ4v) is 3.13. The molecule has 0 saturated carbocycles. The number of aryl methyl sites for hydroxylation is 1. The molecule has 0 bridgehead atoms. The highest BCUT2D eigenvalue weighted by atomic mass is 16.6. The Morgan fingerprint density at radius 2 is 1.78 bits per heavy atom. The zero-order chi connectivity index (χ0) is 24.6. The van der Waals surface area contributed by atoms with Gasteiger partial charge in [0.15, 0.2) is 0 Å². The molecule has 0 radical (unpaired) electrons. The Hall–Kier alpha value is -2.81. The molecule has 1 rings (SSSR count). The highest BCUT2D eigenvalue weighted by Crippen LogP contribution is 2.27. The zero-order valence-electron chi connectivity index (χ0n) is 20.1. The maximum Gasteiger partial charge on any atom is 0.408 e. The van der Waals surface area contributed by atoms with Gasteiger partial charge >= 0.3 is 6.09 Å². The average molecular weight is 452 g/mol. The summed E-state index contributed by atoms with van der Waals surface area (Å²) in [6.45, 7) is 11.8. The number of amides is 3. The molecule has 2 unspecified atom stereocenters. The summed E-state index contributed by atoms with van der Waals surface area (Å²) in [6, 6.07) is 2.22. The third kappa shape index (κ3) is 8.03. The lowest BCUT2D eigenvalue weighted by Crippen LogP contribution is -2.55. The van der Waals surface area contributed by atoms with E-state index in [-0.39, 0.29) is 18.3 Å². The third-order valence-electron chi connectivity index (χ3n) is 4.45. The molecule has 0 aliphatic carbocycles. The Morgan fingerprint density at radius 1 is 1.16 bits per heavy atom. The minimum atomic E-state index is -1.29. The molecule has 1 aromatic rings. The summed E-state index contributed by atoms with van der Waals surface area (Å²) in [7, 11) is 0. The van der Waals surface area contributed by atoms with Gasteiger partial charge in [0.2, 0.25) is 11.8 Å². The molecular weight excluding hydrogens is 414 g/mol. The molecule has 0 heterocycles. The lowest BCUT2D eigenvalue weighted by atomic mass is 10.00. The van der Waals surface area contributed by atoms with Crippen molar-refractivity contribution in [2.45, 2.75) is 78.6 Å². The van der Waals surface area contributed by atoms with Crippen molar-refractivity contribution in [3.63, 3.8) is 0 Å². The van der Waals surface area contributed by atoms with Crippen LogP contribution < -0.4 is 10.6 Å². The monoisotopic (exact) mass is 451 g/mol. The smallest absolute Gasteiger partial charge is 0.408 e.